The molecule has 2 aromatic heterocycles. The number of hydrogen-bond donors (Lipinski definition) is 6. The van der Waals surface area contributed by atoms with Crippen molar-refractivity contribution in [1.82, 2.24) is 20.6 Å². The van der Waals surface area contributed by atoms with E-state index >= 15 is 0 Å². The van der Waals surface area contributed by atoms with E-state index in [0.717, 1.165) is 24.3 Å². The minimum atomic E-state index is -5.44. The summed E-state index contributed by atoms with van der Waals surface area (Å²) in [6.45, 7) is -1.89. The van der Waals surface area contributed by atoms with Gasteiger partial charge in [0.05, 0.1) is 24.9 Å². The molecular formula is C33H31F4N5O8. The van der Waals surface area contributed by atoms with Crippen LogP contribution in [0.15, 0.2) is 60.8 Å². The number of hydrogen-bond acceptors (Lipinski definition) is 10. The number of alkyl halides is 3. The standard InChI is InChI=1S/C33H31F4N5O8/c1-31(30(38)47)16-50-28-22(31)11-24(42-27(28)17-4-6-20(34)7-5-17)32(48,33(35,36)37)15-41-29(46)19-9-18-3-2-8-39-26(18)23(10-19)49-14-25(45)40-12-21(44)13-43/h2-11,21,43-44,48H,12-16H2,1H3,(H2,38,47)(H,40,45)(H,41,46)/t21-,31+,32+/m1/s1. The number of carbonyl (C=O) groups excluding carboxylic acids is 3. The molecule has 1 aliphatic rings. The van der Waals surface area contributed by atoms with E-state index in [1.54, 1.807) is 6.07 Å². The fourth-order valence-electron chi connectivity index (χ4n) is 5.14. The number of rotatable bonds is 12. The molecule has 3 amide bonds. The summed E-state index contributed by atoms with van der Waals surface area (Å²) < 4.78 is 69.3. The lowest BCUT2D eigenvalue weighted by molar-refractivity contribution is -0.265. The highest BCUT2D eigenvalue weighted by molar-refractivity contribution is 6.00. The molecule has 0 bridgehead atoms. The van der Waals surface area contributed by atoms with Gasteiger partial charge in [-0.25, -0.2) is 9.37 Å². The Kier molecular flexibility index (Phi) is 9.95. The Morgan fingerprint density at radius 2 is 1.84 bits per heavy atom. The van der Waals surface area contributed by atoms with Crippen LogP contribution in [-0.4, -0.2) is 88.2 Å². The maximum absolute atomic E-state index is 14.8. The normalized spacial score (nSPS) is 17.3. The van der Waals surface area contributed by atoms with Gasteiger partial charge in [0.15, 0.2) is 6.61 Å². The van der Waals surface area contributed by atoms with Gasteiger partial charge in [-0.1, -0.05) is 6.07 Å². The van der Waals surface area contributed by atoms with Crippen molar-refractivity contribution in [3.05, 3.63) is 83.4 Å². The number of fused-ring (bicyclic) bond motifs is 2. The maximum atomic E-state index is 14.8. The largest absolute Gasteiger partial charge is 0.489 e. The van der Waals surface area contributed by atoms with Crippen LogP contribution in [-0.2, 0) is 20.6 Å². The highest BCUT2D eigenvalue weighted by Gasteiger charge is 2.57. The summed E-state index contributed by atoms with van der Waals surface area (Å²) in [5, 5.41) is 34.4. The van der Waals surface area contributed by atoms with Gasteiger partial charge in [0, 0.05) is 34.8 Å². The molecule has 0 spiro atoms. The van der Waals surface area contributed by atoms with Crippen molar-refractivity contribution in [2.45, 2.75) is 30.2 Å². The van der Waals surface area contributed by atoms with Crippen molar-refractivity contribution in [1.29, 1.82) is 0 Å². The smallest absolute Gasteiger partial charge is 0.424 e. The van der Waals surface area contributed by atoms with Gasteiger partial charge in [0.2, 0.25) is 11.5 Å². The quantitative estimate of drug-likeness (QED) is 0.118. The number of nitrogens with two attached hydrogens (primary N) is 1. The minimum Gasteiger partial charge on any atom is -0.489 e. The number of primary amides is 1. The van der Waals surface area contributed by atoms with Crippen molar-refractivity contribution in [2.75, 3.05) is 32.9 Å². The number of benzene rings is 2. The van der Waals surface area contributed by atoms with E-state index < -0.39 is 72.3 Å². The molecule has 0 saturated heterocycles. The number of aliphatic hydroxyl groups is 3. The molecule has 3 atom stereocenters. The zero-order chi connectivity index (χ0) is 36.4. The summed E-state index contributed by atoms with van der Waals surface area (Å²) in [6, 6.07) is 10.9. The summed E-state index contributed by atoms with van der Waals surface area (Å²) in [6.07, 6.45) is -5.23. The van der Waals surface area contributed by atoms with Gasteiger partial charge in [-0.05, 0) is 55.5 Å². The van der Waals surface area contributed by atoms with Gasteiger partial charge in [-0.3, -0.25) is 19.4 Å². The van der Waals surface area contributed by atoms with Crippen LogP contribution in [0.4, 0.5) is 17.6 Å². The Morgan fingerprint density at radius 3 is 2.50 bits per heavy atom. The highest BCUT2D eigenvalue weighted by Crippen LogP contribution is 2.47. The molecule has 50 heavy (non-hydrogen) atoms. The van der Waals surface area contributed by atoms with Gasteiger partial charge < -0.3 is 41.2 Å². The Hall–Kier alpha value is -5.39. The molecule has 4 aromatic rings. The third-order valence-corrected chi connectivity index (χ3v) is 8.17. The van der Waals surface area contributed by atoms with Gasteiger partial charge in [0.1, 0.15) is 40.5 Å². The van der Waals surface area contributed by atoms with E-state index in [-0.39, 0.29) is 52.6 Å². The van der Waals surface area contributed by atoms with E-state index in [9.17, 15) is 42.2 Å². The Morgan fingerprint density at radius 1 is 1.12 bits per heavy atom. The lowest BCUT2D eigenvalue weighted by Gasteiger charge is -2.31. The molecule has 2 aromatic carbocycles. The summed E-state index contributed by atoms with van der Waals surface area (Å²) in [5.74, 6) is -3.49. The fourth-order valence-corrected chi connectivity index (χ4v) is 5.14. The van der Waals surface area contributed by atoms with Gasteiger partial charge in [0.25, 0.3) is 11.8 Å². The van der Waals surface area contributed by atoms with Gasteiger partial charge >= 0.3 is 6.18 Å². The third-order valence-electron chi connectivity index (χ3n) is 8.17. The molecule has 3 heterocycles. The first kappa shape index (κ1) is 35.9. The predicted molar refractivity (Wildman–Crippen MR) is 167 cm³/mol. The van der Waals surface area contributed by atoms with Crippen molar-refractivity contribution >= 4 is 28.6 Å². The number of nitrogens with one attached hydrogen (secondary N) is 2. The third kappa shape index (κ3) is 7.01. The number of ether oxygens (including phenoxy) is 2. The average Bonchev–Trinajstić information content (AvgIpc) is 3.45. The minimum absolute atomic E-state index is 0.0767. The summed E-state index contributed by atoms with van der Waals surface area (Å²) in [7, 11) is 0. The molecule has 13 nitrogen and oxygen atoms in total. The van der Waals surface area contributed by atoms with Crippen LogP contribution >= 0.6 is 0 Å². The van der Waals surface area contributed by atoms with Crippen molar-refractivity contribution < 1.29 is 56.7 Å². The number of nitrogens with zero attached hydrogens (tertiary/aromatic N) is 2. The van der Waals surface area contributed by atoms with Crippen LogP contribution in [0.1, 0.15) is 28.5 Å². The number of carbonyl (C=O) groups is 3. The highest BCUT2D eigenvalue weighted by atomic mass is 19.4. The zero-order valence-corrected chi connectivity index (χ0v) is 26.3. The van der Waals surface area contributed by atoms with Crippen LogP contribution in [0.3, 0.4) is 0 Å². The Balaban J connectivity index is 1.48. The predicted octanol–water partition coefficient (Wildman–Crippen LogP) is 1.60. The molecule has 0 fully saturated rings. The monoisotopic (exact) mass is 701 g/mol. The number of aromatic nitrogens is 2. The van der Waals surface area contributed by atoms with Crippen molar-refractivity contribution in [3.63, 3.8) is 0 Å². The van der Waals surface area contributed by atoms with Crippen LogP contribution < -0.4 is 25.8 Å². The molecule has 7 N–H and O–H groups in total. The second kappa shape index (κ2) is 13.9. The molecule has 264 valence electrons. The Labute approximate surface area is 281 Å². The first-order valence-electron chi connectivity index (χ1n) is 15.0. The van der Waals surface area contributed by atoms with Crippen molar-refractivity contribution in [2.24, 2.45) is 5.73 Å². The van der Waals surface area contributed by atoms with Crippen LogP contribution in [0.5, 0.6) is 11.5 Å². The van der Waals surface area contributed by atoms with E-state index in [1.165, 1.54) is 37.4 Å². The zero-order valence-electron chi connectivity index (χ0n) is 26.3. The molecule has 5 rings (SSSR count). The number of halogens is 4. The van der Waals surface area contributed by atoms with E-state index in [4.69, 9.17) is 20.3 Å². The molecule has 0 aliphatic carbocycles. The van der Waals surface area contributed by atoms with Gasteiger partial charge in [-0.15, -0.1) is 0 Å². The SMILES string of the molecule is C[C@]1(C(N)=O)COc2c1cc([C@@](O)(CNC(=O)c1cc(OCC(=O)NC[C@@H](O)CO)c3ncccc3c1)C(F)(F)F)nc2-c1ccc(F)cc1. The second-order valence-corrected chi connectivity index (χ2v) is 11.7. The van der Waals surface area contributed by atoms with Crippen LogP contribution in [0, 0.1) is 5.82 Å². The molecule has 0 unspecified atom stereocenters. The summed E-state index contributed by atoms with van der Waals surface area (Å²) in [5.41, 5.74) is -1.06. The lowest BCUT2D eigenvalue weighted by atomic mass is 9.81. The number of pyridine rings is 2. The van der Waals surface area contributed by atoms with Gasteiger partial charge in [-0.2, -0.15) is 13.2 Å². The fraction of sp³-hybridized carbons (Fsp3) is 0.303. The topological polar surface area (TPSA) is 206 Å². The van der Waals surface area contributed by atoms with E-state index in [1.807, 2.05) is 0 Å². The summed E-state index contributed by atoms with van der Waals surface area (Å²) >= 11 is 0. The van der Waals surface area contributed by atoms with Crippen LogP contribution in [0.2, 0.25) is 0 Å². The summed E-state index contributed by atoms with van der Waals surface area (Å²) in [4.78, 5) is 46.3. The van der Waals surface area contributed by atoms with E-state index in [0.29, 0.717) is 5.39 Å². The Bertz CT molecular complexity index is 1940. The molecule has 0 radical (unpaired) electrons. The number of aliphatic hydroxyl groups excluding tert-OH is 2. The lowest BCUT2D eigenvalue weighted by Crippen LogP contribution is -2.51. The second-order valence-electron chi connectivity index (χ2n) is 11.7. The molecular weight excluding hydrogens is 670 g/mol. The molecule has 0 saturated carbocycles. The molecule has 1 aliphatic heterocycles. The number of amides is 3. The van der Waals surface area contributed by atoms with Crippen LogP contribution in [0.25, 0.3) is 22.2 Å². The van der Waals surface area contributed by atoms with E-state index in [2.05, 4.69) is 20.6 Å². The first-order valence-corrected chi connectivity index (χ1v) is 15.0. The first-order chi connectivity index (χ1) is 23.6. The molecule has 17 heteroatoms. The average molecular weight is 702 g/mol. The maximum Gasteiger partial charge on any atom is 0.424 e. The van der Waals surface area contributed by atoms with Crippen molar-refractivity contribution in [3.8, 4) is 22.8 Å².